The van der Waals surface area contributed by atoms with E-state index < -0.39 is 0 Å². The Morgan fingerprint density at radius 1 is 1.03 bits per heavy atom. The van der Waals surface area contributed by atoms with Crippen molar-refractivity contribution in [3.8, 4) is 5.69 Å². The standard InChI is InChI=1S/C23H23BrN4O3/c1-15-13-27(14-16(2)31-15)23(30)20-12-25-28(19-6-4-3-5-7-19)21(20)26-22(29)17-8-10-18(24)11-9-17/h3-12,15-16H,13-14H2,1-2H3,(H,26,29)/t15-,16-/m0/s1. The molecule has 1 aromatic heterocycles. The molecule has 2 amide bonds. The second kappa shape index (κ2) is 9.03. The maximum absolute atomic E-state index is 13.4. The smallest absolute Gasteiger partial charge is 0.259 e. The second-order valence-corrected chi connectivity index (χ2v) is 8.50. The molecule has 0 saturated carbocycles. The van der Waals surface area contributed by atoms with Crippen molar-refractivity contribution in [3.05, 3.63) is 76.4 Å². The zero-order chi connectivity index (χ0) is 22.0. The molecule has 31 heavy (non-hydrogen) atoms. The van der Waals surface area contributed by atoms with Gasteiger partial charge in [0.2, 0.25) is 0 Å². The number of morpholine rings is 1. The van der Waals surface area contributed by atoms with Crippen LogP contribution in [0.2, 0.25) is 0 Å². The van der Waals surface area contributed by atoms with Crippen molar-refractivity contribution in [1.29, 1.82) is 0 Å². The van der Waals surface area contributed by atoms with Crippen LogP contribution in [0.25, 0.3) is 5.69 Å². The van der Waals surface area contributed by atoms with Gasteiger partial charge < -0.3 is 15.0 Å². The molecule has 8 heteroatoms. The molecule has 1 aliphatic rings. The van der Waals surface area contributed by atoms with Crippen molar-refractivity contribution in [3.63, 3.8) is 0 Å². The zero-order valence-corrected chi connectivity index (χ0v) is 18.9. The Balaban J connectivity index is 1.70. The summed E-state index contributed by atoms with van der Waals surface area (Å²) in [5, 5.41) is 7.32. The fourth-order valence-corrected chi connectivity index (χ4v) is 3.95. The summed E-state index contributed by atoms with van der Waals surface area (Å²) in [5.74, 6) is -0.158. The molecule has 2 heterocycles. The Hall–Kier alpha value is -2.97. The van der Waals surface area contributed by atoms with E-state index >= 15 is 0 Å². The Bertz CT molecular complexity index is 1070. The maximum atomic E-state index is 13.4. The van der Waals surface area contributed by atoms with Crippen LogP contribution in [-0.4, -0.2) is 51.8 Å². The first-order valence-electron chi connectivity index (χ1n) is 10.1. The average molecular weight is 483 g/mol. The van der Waals surface area contributed by atoms with Crippen LogP contribution in [0.4, 0.5) is 5.82 Å². The number of ether oxygens (including phenoxy) is 1. The van der Waals surface area contributed by atoms with Crippen LogP contribution in [0.5, 0.6) is 0 Å². The van der Waals surface area contributed by atoms with E-state index in [-0.39, 0.29) is 24.0 Å². The molecule has 160 valence electrons. The normalized spacial score (nSPS) is 18.6. The highest BCUT2D eigenvalue weighted by Gasteiger charge is 2.30. The minimum Gasteiger partial charge on any atom is -0.372 e. The first-order valence-corrected chi connectivity index (χ1v) is 10.9. The van der Waals surface area contributed by atoms with Crippen LogP contribution < -0.4 is 5.32 Å². The van der Waals surface area contributed by atoms with Crippen molar-refractivity contribution < 1.29 is 14.3 Å². The van der Waals surface area contributed by atoms with Crippen molar-refractivity contribution in [2.45, 2.75) is 26.1 Å². The topological polar surface area (TPSA) is 76.5 Å². The van der Waals surface area contributed by atoms with Crippen LogP contribution in [0, 0.1) is 0 Å². The SMILES string of the molecule is C[C@H]1CN(C(=O)c2cnn(-c3ccccc3)c2NC(=O)c2ccc(Br)cc2)C[C@H](C)O1. The minimum absolute atomic E-state index is 0.0577. The molecule has 3 aromatic rings. The average Bonchev–Trinajstić information content (AvgIpc) is 3.17. The second-order valence-electron chi connectivity index (χ2n) is 7.58. The van der Waals surface area contributed by atoms with Crippen LogP contribution in [0.15, 0.2) is 65.3 Å². The highest BCUT2D eigenvalue weighted by molar-refractivity contribution is 9.10. The van der Waals surface area contributed by atoms with E-state index in [1.807, 2.05) is 44.2 Å². The summed E-state index contributed by atoms with van der Waals surface area (Å²) in [6.45, 7) is 4.86. The number of amides is 2. The summed E-state index contributed by atoms with van der Waals surface area (Å²) >= 11 is 3.38. The van der Waals surface area contributed by atoms with Gasteiger partial charge in [0.1, 0.15) is 11.4 Å². The number of rotatable bonds is 4. The van der Waals surface area contributed by atoms with Gasteiger partial charge in [0, 0.05) is 23.1 Å². The van der Waals surface area contributed by atoms with Crippen molar-refractivity contribution in [2.75, 3.05) is 18.4 Å². The molecule has 0 spiro atoms. The molecule has 0 bridgehead atoms. The molecule has 0 aliphatic carbocycles. The lowest BCUT2D eigenvalue weighted by Crippen LogP contribution is -2.48. The fraction of sp³-hybridized carbons (Fsp3) is 0.261. The molecule has 2 aromatic carbocycles. The quantitative estimate of drug-likeness (QED) is 0.606. The fourth-order valence-electron chi connectivity index (χ4n) is 3.69. The molecule has 0 unspecified atom stereocenters. The van der Waals surface area contributed by atoms with Crippen LogP contribution >= 0.6 is 15.9 Å². The van der Waals surface area contributed by atoms with Crippen LogP contribution in [0.1, 0.15) is 34.6 Å². The number of hydrogen-bond donors (Lipinski definition) is 1. The third-order valence-corrected chi connectivity index (χ3v) is 5.57. The highest BCUT2D eigenvalue weighted by atomic mass is 79.9. The van der Waals surface area contributed by atoms with Gasteiger partial charge in [-0.15, -0.1) is 0 Å². The van der Waals surface area contributed by atoms with Gasteiger partial charge in [0.05, 0.1) is 24.1 Å². The zero-order valence-electron chi connectivity index (χ0n) is 17.3. The molecule has 1 saturated heterocycles. The monoisotopic (exact) mass is 482 g/mol. The predicted octanol–water partition coefficient (Wildman–Crippen LogP) is 4.14. The number of nitrogens with one attached hydrogen (secondary N) is 1. The van der Waals surface area contributed by atoms with Gasteiger partial charge in [-0.3, -0.25) is 9.59 Å². The molecule has 2 atom stereocenters. The highest BCUT2D eigenvalue weighted by Crippen LogP contribution is 2.24. The summed E-state index contributed by atoms with van der Waals surface area (Å²) in [5.41, 5.74) is 1.57. The van der Waals surface area contributed by atoms with Gasteiger partial charge in [0.15, 0.2) is 0 Å². The third-order valence-electron chi connectivity index (χ3n) is 5.05. The molecule has 7 nitrogen and oxygen atoms in total. The summed E-state index contributed by atoms with van der Waals surface area (Å²) in [6, 6.07) is 16.4. The number of nitrogens with zero attached hydrogens (tertiary/aromatic N) is 3. The minimum atomic E-state index is -0.317. The van der Waals surface area contributed by atoms with Crippen molar-refractivity contribution in [2.24, 2.45) is 0 Å². The van der Waals surface area contributed by atoms with E-state index in [4.69, 9.17) is 4.74 Å². The number of carbonyl (C=O) groups is 2. The Kier molecular flexibility index (Phi) is 6.20. The Morgan fingerprint density at radius 2 is 1.68 bits per heavy atom. The maximum Gasteiger partial charge on any atom is 0.259 e. The summed E-state index contributed by atoms with van der Waals surface area (Å²) in [7, 11) is 0. The Morgan fingerprint density at radius 3 is 2.32 bits per heavy atom. The molecule has 0 radical (unpaired) electrons. The molecular formula is C23H23BrN4O3. The number of para-hydroxylation sites is 1. The number of halogens is 1. The van der Waals surface area contributed by atoms with Gasteiger partial charge in [-0.25, -0.2) is 4.68 Å². The Labute approximate surface area is 189 Å². The summed E-state index contributed by atoms with van der Waals surface area (Å²) < 4.78 is 8.21. The summed E-state index contributed by atoms with van der Waals surface area (Å²) in [6.07, 6.45) is 1.40. The molecule has 1 aliphatic heterocycles. The number of anilines is 1. The number of benzene rings is 2. The van der Waals surface area contributed by atoms with Crippen LogP contribution in [-0.2, 0) is 4.74 Å². The van der Waals surface area contributed by atoms with Gasteiger partial charge in [-0.1, -0.05) is 34.1 Å². The first kappa shape index (κ1) is 21.3. The van der Waals surface area contributed by atoms with Gasteiger partial charge >= 0.3 is 0 Å². The van der Waals surface area contributed by atoms with Crippen molar-refractivity contribution >= 4 is 33.6 Å². The number of carbonyl (C=O) groups excluding carboxylic acids is 2. The third kappa shape index (κ3) is 4.70. The lowest BCUT2D eigenvalue weighted by atomic mass is 10.1. The van der Waals surface area contributed by atoms with E-state index in [1.54, 1.807) is 33.8 Å². The van der Waals surface area contributed by atoms with Crippen LogP contribution in [0.3, 0.4) is 0 Å². The van der Waals surface area contributed by atoms with Gasteiger partial charge in [-0.2, -0.15) is 5.10 Å². The van der Waals surface area contributed by atoms with Crippen molar-refractivity contribution in [1.82, 2.24) is 14.7 Å². The molecule has 1 N–H and O–H groups in total. The predicted molar refractivity (Wildman–Crippen MR) is 122 cm³/mol. The molecular weight excluding hydrogens is 460 g/mol. The largest absolute Gasteiger partial charge is 0.372 e. The van der Waals surface area contributed by atoms with E-state index in [2.05, 4.69) is 26.3 Å². The molecule has 1 fully saturated rings. The van der Waals surface area contributed by atoms with E-state index in [0.717, 1.165) is 10.2 Å². The lowest BCUT2D eigenvalue weighted by molar-refractivity contribution is -0.0585. The first-order chi connectivity index (χ1) is 14.9. The summed E-state index contributed by atoms with van der Waals surface area (Å²) in [4.78, 5) is 28.1. The van der Waals surface area contributed by atoms with Gasteiger partial charge in [0.25, 0.3) is 11.8 Å². The number of hydrogen-bond acceptors (Lipinski definition) is 4. The lowest BCUT2D eigenvalue weighted by Gasteiger charge is -2.35. The van der Waals surface area contributed by atoms with E-state index in [9.17, 15) is 9.59 Å². The number of aromatic nitrogens is 2. The van der Waals surface area contributed by atoms with E-state index in [1.165, 1.54) is 6.20 Å². The van der Waals surface area contributed by atoms with E-state index in [0.29, 0.717) is 30.0 Å². The van der Waals surface area contributed by atoms with Gasteiger partial charge in [-0.05, 0) is 50.2 Å². The molecule has 4 rings (SSSR count).